The quantitative estimate of drug-likeness (QED) is 0.152. The van der Waals surface area contributed by atoms with Crippen LogP contribution in [0, 0.1) is 29.6 Å². The van der Waals surface area contributed by atoms with E-state index in [4.69, 9.17) is 14.2 Å². The Labute approximate surface area is 309 Å². The molecule has 0 radical (unpaired) electrons. The lowest BCUT2D eigenvalue weighted by molar-refractivity contribution is -0.123. The fraction of sp³-hybridized carbons (Fsp3) is 0.324. The molecule has 2 N–H and O–H groups in total. The van der Waals surface area contributed by atoms with Crippen molar-refractivity contribution >= 4 is 74.1 Å². The number of carbonyl (C=O) groups excluding carboxylic acids is 4. The van der Waals surface area contributed by atoms with E-state index in [1.807, 2.05) is 18.2 Å². The number of halogens is 1. The molecule has 7 atom stereocenters. The van der Waals surface area contributed by atoms with Gasteiger partial charge >= 0.3 is 10.8 Å². The molecular weight excluding hydrogens is 758 g/mol. The highest BCUT2D eigenvalue weighted by Crippen LogP contribution is 2.69. The third-order valence-electron chi connectivity index (χ3n) is 10.4. The number of esters is 1. The second-order valence-electron chi connectivity index (χ2n) is 13.0. The first-order valence-corrected chi connectivity index (χ1v) is 19.1. The number of ether oxygens (including phenoxy) is 3. The number of aromatic nitrogens is 1. The summed E-state index contributed by atoms with van der Waals surface area (Å²) in [5, 5.41) is 3.58. The van der Waals surface area contributed by atoms with Crippen molar-refractivity contribution in [3.63, 3.8) is 0 Å². The SMILES string of the molecule is CCOC(=O)c1ccc(N2C(=O)C3C4CC(C3C2=O)C2C4Sc3[nH]c(=O)sc3[C@@H]2c2cc(Br)ccc2OCC(=O)Nc2ccc(OC)cc2)cc1. The molecule has 2 bridgehead atoms. The first-order valence-electron chi connectivity index (χ1n) is 16.6. The molecule has 3 aromatic carbocycles. The van der Waals surface area contributed by atoms with Crippen LogP contribution in [-0.2, 0) is 19.1 Å². The summed E-state index contributed by atoms with van der Waals surface area (Å²) >= 11 is 6.37. The Morgan fingerprint density at radius 3 is 2.41 bits per heavy atom. The van der Waals surface area contributed by atoms with E-state index in [-0.39, 0.29) is 64.7 Å². The van der Waals surface area contributed by atoms with Crippen LogP contribution in [0.15, 0.2) is 81.0 Å². The van der Waals surface area contributed by atoms with Gasteiger partial charge in [-0.15, -0.1) is 11.8 Å². The smallest absolute Gasteiger partial charge is 0.338 e. The molecule has 0 spiro atoms. The van der Waals surface area contributed by atoms with Crippen LogP contribution < -0.4 is 24.6 Å². The molecule has 2 saturated carbocycles. The van der Waals surface area contributed by atoms with Crippen molar-refractivity contribution in [2.75, 3.05) is 30.5 Å². The van der Waals surface area contributed by atoms with Crippen molar-refractivity contribution in [2.24, 2.45) is 29.6 Å². The molecule has 1 aromatic heterocycles. The number of aromatic amines is 1. The van der Waals surface area contributed by atoms with Crippen LogP contribution >= 0.6 is 39.0 Å². The predicted molar refractivity (Wildman–Crippen MR) is 195 cm³/mol. The van der Waals surface area contributed by atoms with Crippen LogP contribution in [0.1, 0.15) is 40.1 Å². The summed E-state index contributed by atoms with van der Waals surface area (Å²) in [7, 11) is 1.57. The van der Waals surface area contributed by atoms with Crippen LogP contribution in [0.2, 0.25) is 0 Å². The Balaban J connectivity index is 1.10. The van der Waals surface area contributed by atoms with Crippen LogP contribution in [0.5, 0.6) is 11.5 Å². The number of thiazole rings is 1. The number of thioether (sulfide) groups is 1. The van der Waals surface area contributed by atoms with Gasteiger partial charge in [0.25, 0.3) is 5.91 Å². The number of amides is 3. The number of anilines is 2. The monoisotopic (exact) mass is 789 g/mol. The zero-order valence-electron chi connectivity index (χ0n) is 27.4. The number of fused-ring (bicyclic) bond motifs is 9. The molecule has 8 rings (SSSR count). The van der Waals surface area contributed by atoms with Gasteiger partial charge in [-0.2, -0.15) is 0 Å². The van der Waals surface area contributed by atoms with Gasteiger partial charge in [0, 0.05) is 31.8 Å². The lowest BCUT2D eigenvalue weighted by atomic mass is 9.68. The van der Waals surface area contributed by atoms with E-state index in [0.29, 0.717) is 28.4 Å². The molecule has 4 aliphatic rings. The van der Waals surface area contributed by atoms with Crippen molar-refractivity contribution in [3.05, 3.63) is 96.9 Å². The number of benzene rings is 3. The third-order valence-corrected chi connectivity index (χ3v) is 13.5. The fourth-order valence-corrected chi connectivity index (χ4v) is 11.7. The molecule has 262 valence electrons. The Hall–Kier alpha value is -4.40. The molecule has 3 amide bonds. The minimum absolute atomic E-state index is 0.0351. The Morgan fingerprint density at radius 1 is 0.980 bits per heavy atom. The molecule has 1 saturated heterocycles. The van der Waals surface area contributed by atoms with Crippen molar-refractivity contribution in [3.8, 4) is 11.5 Å². The number of nitrogens with zero attached hydrogens (tertiary/aromatic N) is 1. The second-order valence-corrected chi connectivity index (χ2v) is 16.1. The third kappa shape index (κ3) is 5.77. The van der Waals surface area contributed by atoms with Crippen LogP contribution in [0.3, 0.4) is 0 Å². The molecule has 4 aromatic rings. The minimum Gasteiger partial charge on any atom is -0.497 e. The van der Waals surface area contributed by atoms with Gasteiger partial charge in [0.2, 0.25) is 11.8 Å². The average molecular weight is 791 g/mol. The number of H-pyrrole nitrogens is 1. The number of hydrogen-bond acceptors (Lipinski definition) is 10. The molecule has 3 heterocycles. The van der Waals surface area contributed by atoms with E-state index < -0.39 is 17.8 Å². The molecule has 2 aliphatic heterocycles. The van der Waals surface area contributed by atoms with E-state index in [1.165, 1.54) is 4.90 Å². The Kier molecular flexibility index (Phi) is 8.79. The summed E-state index contributed by atoms with van der Waals surface area (Å²) in [5.41, 5.74) is 2.18. The summed E-state index contributed by atoms with van der Waals surface area (Å²) in [4.78, 5) is 71.3. The maximum absolute atomic E-state index is 14.2. The normalized spacial score (nSPS) is 25.6. The minimum atomic E-state index is -0.513. The zero-order valence-corrected chi connectivity index (χ0v) is 30.6. The van der Waals surface area contributed by atoms with Crippen molar-refractivity contribution in [1.29, 1.82) is 0 Å². The number of methoxy groups -OCH3 is 1. The summed E-state index contributed by atoms with van der Waals surface area (Å²) in [6.45, 7) is 1.72. The molecule has 51 heavy (non-hydrogen) atoms. The van der Waals surface area contributed by atoms with E-state index in [9.17, 15) is 24.0 Å². The largest absolute Gasteiger partial charge is 0.497 e. The number of carbonyl (C=O) groups is 4. The fourth-order valence-electron chi connectivity index (χ4n) is 8.49. The molecule has 3 fully saturated rings. The lowest BCUT2D eigenvalue weighted by Crippen LogP contribution is -2.42. The van der Waals surface area contributed by atoms with E-state index in [1.54, 1.807) is 74.3 Å². The summed E-state index contributed by atoms with van der Waals surface area (Å²) in [5.74, 6) is -1.69. The van der Waals surface area contributed by atoms with Gasteiger partial charge in [-0.1, -0.05) is 27.3 Å². The van der Waals surface area contributed by atoms with E-state index >= 15 is 0 Å². The molecule has 6 unspecified atom stereocenters. The van der Waals surface area contributed by atoms with Gasteiger partial charge < -0.3 is 24.5 Å². The number of rotatable bonds is 9. The first kappa shape index (κ1) is 33.7. The molecule has 11 nitrogen and oxygen atoms in total. The van der Waals surface area contributed by atoms with Crippen LogP contribution in [0.25, 0.3) is 0 Å². The first-order chi connectivity index (χ1) is 24.7. The second kappa shape index (κ2) is 13.3. The molecule has 14 heteroatoms. The number of hydrogen-bond donors (Lipinski definition) is 2. The zero-order chi connectivity index (χ0) is 35.6. The van der Waals surface area contributed by atoms with Gasteiger partial charge in [-0.25, -0.2) is 4.79 Å². The lowest BCUT2D eigenvalue weighted by Gasteiger charge is -2.43. The summed E-state index contributed by atoms with van der Waals surface area (Å²) in [6.07, 6.45) is 0.717. The van der Waals surface area contributed by atoms with Crippen molar-refractivity contribution in [1.82, 2.24) is 4.98 Å². The van der Waals surface area contributed by atoms with Crippen molar-refractivity contribution in [2.45, 2.75) is 29.5 Å². The Bertz CT molecular complexity index is 2120. The Morgan fingerprint density at radius 2 is 1.71 bits per heavy atom. The number of nitrogens with one attached hydrogen (secondary N) is 2. The summed E-state index contributed by atoms with van der Waals surface area (Å²) in [6, 6.07) is 19.0. The standard InChI is InChI=1S/C37H32BrN3O8S2/c1-3-48-36(45)17-4-9-20(10-5-17)41-34(43)29-23-15-24(30(29)35(41)44)31-28(23)27(32-33(50-31)40-37(46)51-32)22-14-18(38)6-13-25(22)49-16-26(42)39-19-7-11-21(47-2)12-8-19/h4-14,23-24,27-31H,3,15-16H2,1-2H3,(H,39,42)(H,40,46)/t23?,24?,27-,28?,29?,30?,31?/m1/s1. The van der Waals surface area contributed by atoms with Gasteiger partial charge in [-0.05, 0) is 97.8 Å². The van der Waals surface area contributed by atoms with Gasteiger partial charge in [-0.3, -0.25) is 24.1 Å². The highest BCUT2D eigenvalue weighted by Gasteiger charge is 2.70. The summed E-state index contributed by atoms with van der Waals surface area (Å²) < 4.78 is 17.3. The topological polar surface area (TPSA) is 144 Å². The van der Waals surface area contributed by atoms with Crippen LogP contribution in [-0.4, -0.2) is 54.2 Å². The van der Waals surface area contributed by atoms with E-state index in [2.05, 4.69) is 26.2 Å². The maximum atomic E-state index is 14.2. The number of imide groups is 1. The molecular formula is C37H32BrN3O8S2. The molecule has 2 aliphatic carbocycles. The van der Waals surface area contributed by atoms with Gasteiger partial charge in [0.05, 0.1) is 41.8 Å². The highest BCUT2D eigenvalue weighted by molar-refractivity contribution is 9.10. The van der Waals surface area contributed by atoms with Gasteiger partial charge in [0.1, 0.15) is 11.5 Å². The average Bonchev–Trinajstić information content (AvgIpc) is 3.87. The van der Waals surface area contributed by atoms with Crippen molar-refractivity contribution < 1.29 is 33.4 Å². The van der Waals surface area contributed by atoms with Gasteiger partial charge in [0.15, 0.2) is 6.61 Å². The van der Waals surface area contributed by atoms with E-state index in [0.717, 1.165) is 37.7 Å². The van der Waals surface area contributed by atoms with Crippen LogP contribution in [0.4, 0.5) is 11.4 Å². The predicted octanol–water partition coefficient (Wildman–Crippen LogP) is 6.08. The maximum Gasteiger partial charge on any atom is 0.338 e. The highest BCUT2D eigenvalue weighted by atomic mass is 79.9.